The van der Waals surface area contributed by atoms with Crippen LogP contribution < -0.4 is 14.8 Å². The Balaban J connectivity index is 1.66. The van der Waals surface area contributed by atoms with Crippen molar-refractivity contribution in [2.24, 2.45) is 0 Å². The molecular formula is C25H24Cl2N2O3. The number of nitrogens with one attached hydrogen (secondary N) is 1. The van der Waals surface area contributed by atoms with Crippen molar-refractivity contribution in [1.29, 1.82) is 0 Å². The molecule has 0 saturated carbocycles. The predicted molar refractivity (Wildman–Crippen MR) is 128 cm³/mol. The molecule has 3 aromatic rings. The second-order valence-corrected chi connectivity index (χ2v) is 8.46. The van der Waals surface area contributed by atoms with Crippen LogP contribution in [-0.2, 0) is 11.2 Å². The molecule has 0 bridgehead atoms. The minimum Gasteiger partial charge on any atom is -0.493 e. The van der Waals surface area contributed by atoms with Crippen molar-refractivity contribution in [3.05, 3.63) is 87.4 Å². The smallest absolute Gasteiger partial charge is 0.238 e. The summed E-state index contributed by atoms with van der Waals surface area (Å²) in [6, 6.07) is 19.1. The molecule has 1 aliphatic rings. The van der Waals surface area contributed by atoms with Gasteiger partial charge in [-0.3, -0.25) is 9.69 Å². The van der Waals surface area contributed by atoms with Crippen LogP contribution in [0.25, 0.3) is 0 Å². The molecule has 0 radical (unpaired) electrons. The molecule has 0 saturated heterocycles. The van der Waals surface area contributed by atoms with E-state index in [0.29, 0.717) is 27.2 Å². The number of benzene rings is 3. The van der Waals surface area contributed by atoms with E-state index in [1.165, 1.54) is 5.56 Å². The lowest BCUT2D eigenvalue weighted by molar-refractivity contribution is -0.117. The minimum absolute atomic E-state index is 0.0969. The molecule has 7 heteroatoms. The second kappa shape index (κ2) is 9.82. The predicted octanol–water partition coefficient (Wildman–Crippen LogP) is 5.60. The summed E-state index contributed by atoms with van der Waals surface area (Å²) in [4.78, 5) is 15.1. The van der Waals surface area contributed by atoms with Crippen LogP contribution in [0.5, 0.6) is 11.5 Å². The zero-order valence-corrected chi connectivity index (χ0v) is 19.4. The number of carbonyl (C=O) groups excluding carboxylic acids is 1. The molecule has 0 spiro atoms. The number of amides is 1. The zero-order chi connectivity index (χ0) is 22.7. The first kappa shape index (κ1) is 22.5. The molecule has 0 aliphatic carbocycles. The average molecular weight is 471 g/mol. The third kappa shape index (κ3) is 4.70. The number of ether oxygens (including phenoxy) is 2. The van der Waals surface area contributed by atoms with E-state index in [9.17, 15) is 4.79 Å². The SMILES string of the molecule is COc1cc2c(cc1OC)[C@@H](c1ccccc1)N(CC(=O)Nc1cc(Cl)ccc1Cl)CC2. The molecule has 0 fully saturated rings. The Morgan fingerprint density at radius 3 is 2.47 bits per heavy atom. The minimum atomic E-state index is -0.154. The maximum absolute atomic E-state index is 13.0. The van der Waals surface area contributed by atoms with Crippen molar-refractivity contribution < 1.29 is 14.3 Å². The van der Waals surface area contributed by atoms with Crippen LogP contribution in [0.2, 0.25) is 10.0 Å². The van der Waals surface area contributed by atoms with E-state index in [0.717, 1.165) is 24.1 Å². The quantitative estimate of drug-likeness (QED) is 0.509. The van der Waals surface area contributed by atoms with E-state index < -0.39 is 0 Å². The van der Waals surface area contributed by atoms with Gasteiger partial charge in [0.1, 0.15) is 0 Å². The number of hydrogen-bond donors (Lipinski definition) is 1. The number of fused-ring (bicyclic) bond motifs is 1. The van der Waals surface area contributed by atoms with Gasteiger partial charge in [0.2, 0.25) is 5.91 Å². The van der Waals surface area contributed by atoms with Crippen molar-refractivity contribution in [3.63, 3.8) is 0 Å². The zero-order valence-electron chi connectivity index (χ0n) is 17.9. The second-order valence-electron chi connectivity index (χ2n) is 7.61. The van der Waals surface area contributed by atoms with Crippen LogP contribution in [0.4, 0.5) is 5.69 Å². The molecule has 0 aromatic heterocycles. The first-order chi connectivity index (χ1) is 15.5. The number of hydrogen-bond acceptors (Lipinski definition) is 4. The Morgan fingerprint density at radius 2 is 1.75 bits per heavy atom. The largest absolute Gasteiger partial charge is 0.493 e. The highest BCUT2D eigenvalue weighted by Crippen LogP contribution is 2.41. The van der Waals surface area contributed by atoms with Crippen LogP contribution in [0.1, 0.15) is 22.7 Å². The van der Waals surface area contributed by atoms with Crippen LogP contribution in [0, 0.1) is 0 Å². The summed E-state index contributed by atoms with van der Waals surface area (Å²) in [6.45, 7) is 0.926. The standard InChI is InChI=1S/C25H24Cl2N2O3/c1-31-22-12-17-10-11-29(15-24(30)28-21-13-18(26)8-9-20(21)27)25(16-6-4-3-5-7-16)19(17)14-23(22)32-2/h3-9,12-14,25H,10-11,15H2,1-2H3,(H,28,30)/t25-/m1/s1. The maximum Gasteiger partial charge on any atom is 0.238 e. The van der Waals surface area contributed by atoms with E-state index in [-0.39, 0.29) is 18.5 Å². The highest BCUT2D eigenvalue weighted by Gasteiger charge is 2.31. The summed E-state index contributed by atoms with van der Waals surface area (Å²) < 4.78 is 11.1. The Bertz CT molecular complexity index is 1120. The average Bonchev–Trinajstić information content (AvgIpc) is 2.80. The maximum atomic E-state index is 13.0. The van der Waals surface area contributed by atoms with Crippen molar-refractivity contribution in [3.8, 4) is 11.5 Å². The molecular weight excluding hydrogens is 447 g/mol. The molecule has 1 atom stereocenters. The number of nitrogens with zero attached hydrogens (tertiary/aromatic N) is 1. The van der Waals surface area contributed by atoms with Crippen LogP contribution in [-0.4, -0.2) is 38.1 Å². The van der Waals surface area contributed by atoms with Crippen molar-refractivity contribution in [2.75, 3.05) is 32.6 Å². The van der Waals surface area contributed by atoms with Gasteiger partial charge in [0.05, 0.1) is 37.5 Å². The van der Waals surface area contributed by atoms with E-state index in [4.69, 9.17) is 32.7 Å². The number of halogens is 2. The van der Waals surface area contributed by atoms with Gasteiger partial charge < -0.3 is 14.8 Å². The fourth-order valence-electron chi connectivity index (χ4n) is 4.16. The van der Waals surface area contributed by atoms with Gasteiger partial charge in [-0.05, 0) is 53.4 Å². The van der Waals surface area contributed by atoms with Gasteiger partial charge in [0.25, 0.3) is 0 Å². The normalized spacial score (nSPS) is 15.7. The van der Waals surface area contributed by atoms with Gasteiger partial charge in [0, 0.05) is 11.6 Å². The lowest BCUT2D eigenvalue weighted by Gasteiger charge is -2.37. The number of anilines is 1. The van der Waals surface area contributed by atoms with E-state index >= 15 is 0 Å². The first-order valence-corrected chi connectivity index (χ1v) is 11.0. The molecule has 1 amide bonds. The first-order valence-electron chi connectivity index (χ1n) is 10.3. The lowest BCUT2D eigenvalue weighted by Crippen LogP contribution is -2.41. The lowest BCUT2D eigenvalue weighted by atomic mass is 9.87. The van der Waals surface area contributed by atoms with Gasteiger partial charge >= 0.3 is 0 Å². The molecule has 3 aromatic carbocycles. The number of rotatable bonds is 6. The summed E-state index contributed by atoms with van der Waals surface area (Å²) in [5.41, 5.74) is 3.90. The molecule has 4 rings (SSSR count). The fourth-order valence-corrected chi connectivity index (χ4v) is 4.50. The van der Waals surface area contributed by atoms with Crippen LogP contribution in [0.15, 0.2) is 60.7 Å². The summed E-state index contributed by atoms with van der Waals surface area (Å²) in [5, 5.41) is 3.85. The van der Waals surface area contributed by atoms with Gasteiger partial charge in [-0.15, -0.1) is 0 Å². The van der Waals surface area contributed by atoms with Crippen LogP contribution in [0.3, 0.4) is 0 Å². The monoisotopic (exact) mass is 470 g/mol. The third-order valence-electron chi connectivity index (χ3n) is 5.64. The Hall–Kier alpha value is -2.73. The summed E-state index contributed by atoms with van der Waals surface area (Å²) >= 11 is 12.3. The molecule has 1 heterocycles. The van der Waals surface area contributed by atoms with E-state index in [1.54, 1.807) is 32.4 Å². The van der Waals surface area contributed by atoms with Crippen LogP contribution >= 0.6 is 23.2 Å². The molecule has 0 unspecified atom stereocenters. The molecule has 166 valence electrons. The van der Waals surface area contributed by atoms with Gasteiger partial charge in [-0.25, -0.2) is 0 Å². The Labute approximate surface area is 197 Å². The molecule has 32 heavy (non-hydrogen) atoms. The molecule has 1 N–H and O–H groups in total. The molecule has 5 nitrogen and oxygen atoms in total. The fraction of sp³-hybridized carbons (Fsp3) is 0.240. The van der Waals surface area contributed by atoms with Gasteiger partial charge in [-0.2, -0.15) is 0 Å². The summed E-state index contributed by atoms with van der Waals surface area (Å²) in [6.07, 6.45) is 0.796. The molecule has 1 aliphatic heterocycles. The van der Waals surface area contributed by atoms with Gasteiger partial charge in [-0.1, -0.05) is 53.5 Å². The highest BCUT2D eigenvalue weighted by molar-refractivity contribution is 6.35. The van der Waals surface area contributed by atoms with Gasteiger partial charge in [0.15, 0.2) is 11.5 Å². The Kier molecular flexibility index (Phi) is 6.89. The van der Waals surface area contributed by atoms with Crippen molar-refractivity contribution >= 4 is 34.8 Å². The summed E-state index contributed by atoms with van der Waals surface area (Å²) in [7, 11) is 3.27. The number of carbonyl (C=O) groups is 1. The third-order valence-corrected chi connectivity index (χ3v) is 6.20. The summed E-state index contributed by atoms with van der Waals surface area (Å²) in [5.74, 6) is 1.23. The van der Waals surface area contributed by atoms with Crippen molar-refractivity contribution in [1.82, 2.24) is 4.90 Å². The number of methoxy groups -OCH3 is 2. The highest BCUT2D eigenvalue weighted by atomic mass is 35.5. The van der Waals surface area contributed by atoms with Crippen molar-refractivity contribution in [2.45, 2.75) is 12.5 Å². The Morgan fingerprint density at radius 1 is 1.03 bits per heavy atom. The topological polar surface area (TPSA) is 50.8 Å². The van der Waals surface area contributed by atoms with E-state index in [2.05, 4.69) is 22.3 Å². The van der Waals surface area contributed by atoms with E-state index in [1.807, 2.05) is 30.3 Å².